The molecule has 3 aromatic rings. The summed E-state index contributed by atoms with van der Waals surface area (Å²) in [6.45, 7) is 1.10. The number of carbonyl (C=O) groups excluding carboxylic acids is 2. The van der Waals surface area contributed by atoms with Crippen LogP contribution in [0, 0.1) is 5.92 Å². The van der Waals surface area contributed by atoms with E-state index in [1.807, 2.05) is 48.5 Å². The van der Waals surface area contributed by atoms with Gasteiger partial charge in [0, 0.05) is 31.0 Å². The van der Waals surface area contributed by atoms with E-state index in [-0.39, 0.29) is 39.1 Å². The second-order valence-corrected chi connectivity index (χ2v) is 12.7. The highest BCUT2D eigenvalue weighted by atomic mass is 35.5. The first-order valence-electron chi connectivity index (χ1n) is 13.0. The molecule has 204 valence electrons. The Balaban J connectivity index is 1.14. The van der Waals surface area contributed by atoms with Gasteiger partial charge in [-0.25, -0.2) is 8.42 Å². The maximum Gasteiger partial charge on any atom is 0.255 e. The van der Waals surface area contributed by atoms with E-state index in [1.54, 1.807) is 12.0 Å². The first-order valence-corrected chi connectivity index (χ1v) is 15.2. The number of methoxy groups -OCH3 is 1. The van der Waals surface area contributed by atoms with Gasteiger partial charge in [-0.3, -0.25) is 9.59 Å². The number of nitrogens with zero attached hydrogens (tertiary/aromatic N) is 1. The Morgan fingerprint density at radius 2 is 1.59 bits per heavy atom. The molecule has 1 heterocycles. The minimum absolute atomic E-state index is 0.0217. The lowest BCUT2D eigenvalue weighted by Gasteiger charge is -2.32. The molecule has 0 aromatic heterocycles. The minimum atomic E-state index is -3.44. The highest BCUT2D eigenvalue weighted by Crippen LogP contribution is 2.48. The Labute approximate surface area is 234 Å². The van der Waals surface area contributed by atoms with Crippen molar-refractivity contribution < 1.29 is 22.7 Å². The zero-order valence-electron chi connectivity index (χ0n) is 21.9. The van der Waals surface area contributed by atoms with Gasteiger partial charge in [-0.1, -0.05) is 35.9 Å². The number of halogens is 1. The Morgan fingerprint density at radius 3 is 2.21 bits per heavy atom. The van der Waals surface area contributed by atoms with Crippen LogP contribution in [0.2, 0.25) is 5.02 Å². The smallest absolute Gasteiger partial charge is 0.255 e. The van der Waals surface area contributed by atoms with E-state index in [2.05, 4.69) is 5.32 Å². The lowest BCUT2D eigenvalue weighted by Crippen LogP contribution is -2.38. The van der Waals surface area contributed by atoms with Crippen molar-refractivity contribution in [2.75, 3.05) is 31.8 Å². The zero-order valence-corrected chi connectivity index (χ0v) is 23.5. The molecule has 1 aliphatic heterocycles. The van der Waals surface area contributed by atoms with Gasteiger partial charge in [0.25, 0.3) is 5.91 Å². The summed E-state index contributed by atoms with van der Waals surface area (Å²) in [7, 11) is -1.80. The third-order valence-electron chi connectivity index (χ3n) is 7.70. The number of rotatable bonds is 7. The SMILES string of the molecule is COc1ccc(C2CC2C(=O)Nc2ccc(C3CCN(C(=O)c4cc(S(C)(=O)=O)ccc4Cl)CC3)cc2)cc1. The van der Waals surface area contributed by atoms with Gasteiger partial charge in [-0.05, 0) is 84.7 Å². The molecule has 0 spiro atoms. The molecule has 3 aromatic carbocycles. The van der Waals surface area contributed by atoms with Crippen molar-refractivity contribution in [3.05, 3.63) is 88.4 Å². The maximum absolute atomic E-state index is 13.1. The summed E-state index contributed by atoms with van der Waals surface area (Å²) in [5, 5.41) is 3.29. The number of piperidine rings is 1. The predicted octanol–water partition coefficient (Wildman–Crippen LogP) is 5.51. The van der Waals surface area contributed by atoms with E-state index in [9.17, 15) is 18.0 Å². The molecule has 1 aliphatic carbocycles. The zero-order chi connectivity index (χ0) is 27.7. The molecule has 2 aliphatic rings. The molecule has 2 unspecified atom stereocenters. The average molecular weight is 567 g/mol. The lowest BCUT2D eigenvalue weighted by atomic mass is 9.89. The van der Waals surface area contributed by atoms with Crippen LogP contribution >= 0.6 is 11.6 Å². The molecule has 2 amide bonds. The number of nitrogens with one attached hydrogen (secondary N) is 1. The number of anilines is 1. The number of amides is 2. The normalized spacial score (nSPS) is 19.4. The Morgan fingerprint density at radius 1 is 0.949 bits per heavy atom. The van der Waals surface area contributed by atoms with Gasteiger partial charge in [-0.2, -0.15) is 0 Å². The number of benzene rings is 3. The quantitative estimate of drug-likeness (QED) is 0.407. The van der Waals surface area contributed by atoms with Crippen LogP contribution in [0.15, 0.2) is 71.6 Å². The fourth-order valence-corrected chi connectivity index (χ4v) is 6.11. The Kier molecular flexibility index (Phi) is 7.69. The van der Waals surface area contributed by atoms with E-state index >= 15 is 0 Å². The van der Waals surface area contributed by atoms with Crippen LogP contribution < -0.4 is 10.1 Å². The fourth-order valence-electron chi connectivity index (χ4n) is 5.26. The van der Waals surface area contributed by atoms with Gasteiger partial charge >= 0.3 is 0 Å². The fraction of sp³-hybridized carbons (Fsp3) is 0.333. The van der Waals surface area contributed by atoms with E-state index < -0.39 is 9.84 Å². The van der Waals surface area contributed by atoms with E-state index in [0.717, 1.165) is 42.5 Å². The van der Waals surface area contributed by atoms with Crippen molar-refractivity contribution in [1.29, 1.82) is 0 Å². The summed E-state index contributed by atoms with van der Waals surface area (Å²) < 4.78 is 29.0. The molecular formula is C30H31ClN2O5S. The largest absolute Gasteiger partial charge is 0.497 e. The maximum atomic E-state index is 13.1. The highest BCUT2D eigenvalue weighted by Gasteiger charge is 2.43. The second kappa shape index (κ2) is 11.0. The molecule has 5 rings (SSSR count). The summed E-state index contributed by atoms with van der Waals surface area (Å²) in [4.78, 5) is 27.7. The van der Waals surface area contributed by atoms with Gasteiger partial charge in [0.15, 0.2) is 9.84 Å². The number of carbonyl (C=O) groups is 2. The lowest BCUT2D eigenvalue weighted by molar-refractivity contribution is -0.117. The van der Waals surface area contributed by atoms with Crippen molar-refractivity contribution in [2.24, 2.45) is 5.92 Å². The number of hydrogen-bond donors (Lipinski definition) is 1. The van der Waals surface area contributed by atoms with Crippen molar-refractivity contribution in [1.82, 2.24) is 4.90 Å². The molecule has 0 radical (unpaired) electrons. The first kappa shape index (κ1) is 27.2. The standard InChI is InChI=1S/C30H31ClN2O5S/c1-38-23-9-5-21(6-10-23)25-18-26(25)29(34)32-22-7-3-19(4-8-22)20-13-15-33(16-14-20)30(35)27-17-24(39(2,36)37)11-12-28(27)31/h3-12,17,20,25-26H,13-16,18H2,1-2H3,(H,32,34). The number of sulfone groups is 1. The Bertz CT molecular complexity index is 1480. The molecule has 1 saturated carbocycles. The highest BCUT2D eigenvalue weighted by molar-refractivity contribution is 7.90. The molecule has 0 bridgehead atoms. The van der Waals surface area contributed by atoms with Crippen LogP contribution in [0.3, 0.4) is 0 Å². The summed E-state index contributed by atoms with van der Waals surface area (Å²) >= 11 is 6.23. The second-order valence-electron chi connectivity index (χ2n) is 10.3. The van der Waals surface area contributed by atoms with Crippen LogP contribution in [0.1, 0.15) is 52.6 Å². The number of likely N-dealkylation sites (tertiary alicyclic amines) is 1. The first-order chi connectivity index (χ1) is 18.6. The van der Waals surface area contributed by atoms with Gasteiger partial charge in [-0.15, -0.1) is 0 Å². The summed E-state index contributed by atoms with van der Waals surface area (Å²) in [6, 6.07) is 20.1. The number of hydrogen-bond acceptors (Lipinski definition) is 5. The molecule has 39 heavy (non-hydrogen) atoms. The van der Waals surface area contributed by atoms with Crippen LogP contribution in [0.25, 0.3) is 0 Å². The van der Waals surface area contributed by atoms with Gasteiger partial charge in [0.05, 0.1) is 22.6 Å². The monoisotopic (exact) mass is 566 g/mol. The predicted molar refractivity (Wildman–Crippen MR) is 151 cm³/mol. The topological polar surface area (TPSA) is 92.8 Å². The molecule has 9 heteroatoms. The minimum Gasteiger partial charge on any atom is -0.497 e. The molecule has 2 fully saturated rings. The average Bonchev–Trinajstić information content (AvgIpc) is 3.74. The van der Waals surface area contributed by atoms with Crippen molar-refractivity contribution in [3.63, 3.8) is 0 Å². The molecule has 2 atom stereocenters. The van der Waals surface area contributed by atoms with E-state index in [4.69, 9.17) is 16.3 Å². The van der Waals surface area contributed by atoms with Crippen LogP contribution in [-0.2, 0) is 14.6 Å². The molecule has 1 saturated heterocycles. The van der Waals surface area contributed by atoms with E-state index in [1.165, 1.54) is 23.8 Å². The summed E-state index contributed by atoms with van der Waals surface area (Å²) in [5.41, 5.74) is 3.31. The molecule has 1 N–H and O–H groups in total. The molecular weight excluding hydrogens is 536 g/mol. The van der Waals surface area contributed by atoms with Crippen molar-refractivity contribution in [3.8, 4) is 5.75 Å². The summed E-state index contributed by atoms with van der Waals surface area (Å²) in [5.74, 6) is 1.10. The third kappa shape index (κ3) is 6.12. The van der Waals surface area contributed by atoms with Crippen LogP contribution in [0.5, 0.6) is 5.75 Å². The number of ether oxygens (including phenoxy) is 1. The summed E-state index contributed by atoms with van der Waals surface area (Å²) in [6.07, 6.45) is 3.52. The van der Waals surface area contributed by atoms with Gasteiger partial charge < -0.3 is 15.0 Å². The van der Waals surface area contributed by atoms with E-state index in [0.29, 0.717) is 19.0 Å². The van der Waals surface area contributed by atoms with Gasteiger partial charge in [0.1, 0.15) is 5.75 Å². The Hall–Kier alpha value is -3.36. The van der Waals surface area contributed by atoms with Crippen LogP contribution in [0.4, 0.5) is 5.69 Å². The van der Waals surface area contributed by atoms with Gasteiger partial charge in [0.2, 0.25) is 5.91 Å². The third-order valence-corrected chi connectivity index (χ3v) is 9.14. The van der Waals surface area contributed by atoms with Crippen molar-refractivity contribution >= 4 is 38.9 Å². The van der Waals surface area contributed by atoms with Crippen LogP contribution in [-0.4, -0.2) is 51.6 Å². The van der Waals surface area contributed by atoms with Crippen molar-refractivity contribution in [2.45, 2.75) is 36.0 Å². The molecule has 7 nitrogen and oxygen atoms in total.